The van der Waals surface area contributed by atoms with Crippen LogP contribution in [0.25, 0.3) is 10.9 Å². The van der Waals surface area contributed by atoms with E-state index in [0.29, 0.717) is 23.8 Å². The Kier molecular flexibility index (Phi) is 6.56. The van der Waals surface area contributed by atoms with Crippen molar-refractivity contribution in [2.45, 2.75) is 37.2 Å². The highest BCUT2D eigenvalue weighted by Gasteiger charge is 2.34. The molecule has 1 saturated heterocycles. The molecule has 2 aliphatic heterocycles. The first kappa shape index (κ1) is 22.2. The third-order valence-electron chi connectivity index (χ3n) is 7.03. The molecule has 1 aromatic heterocycles. The van der Waals surface area contributed by atoms with Crippen LogP contribution in [0.3, 0.4) is 0 Å². The van der Waals surface area contributed by atoms with Gasteiger partial charge in [0, 0.05) is 18.0 Å². The Morgan fingerprint density at radius 1 is 1.09 bits per heavy atom. The van der Waals surface area contributed by atoms with Crippen LogP contribution in [0.15, 0.2) is 53.4 Å². The van der Waals surface area contributed by atoms with Gasteiger partial charge in [-0.2, -0.15) is 0 Å². The summed E-state index contributed by atoms with van der Waals surface area (Å²) in [6.07, 6.45) is 5.49. The van der Waals surface area contributed by atoms with E-state index in [-0.39, 0.29) is 5.91 Å². The molecule has 5 nitrogen and oxygen atoms in total. The predicted octanol–water partition coefficient (Wildman–Crippen LogP) is 5.22. The number of methoxy groups -OCH3 is 1. The van der Waals surface area contributed by atoms with Gasteiger partial charge in [-0.25, -0.2) is 4.98 Å². The number of amides is 1. The molecule has 6 heteroatoms. The Morgan fingerprint density at radius 2 is 1.88 bits per heavy atom. The number of fused-ring (bicyclic) bond motifs is 2. The molecule has 1 amide bonds. The second-order valence-corrected chi connectivity index (χ2v) is 9.89. The lowest BCUT2D eigenvalue weighted by Gasteiger charge is -2.32. The minimum atomic E-state index is 0.0636. The van der Waals surface area contributed by atoms with Crippen molar-refractivity contribution in [1.29, 1.82) is 0 Å². The largest absolute Gasteiger partial charge is 0.495 e. The highest BCUT2D eigenvalue weighted by atomic mass is 32.2. The molecule has 3 heterocycles. The van der Waals surface area contributed by atoms with Crippen molar-refractivity contribution in [1.82, 2.24) is 14.8 Å². The van der Waals surface area contributed by atoms with E-state index in [1.54, 1.807) is 18.9 Å². The zero-order valence-electron chi connectivity index (χ0n) is 19.4. The van der Waals surface area contributed by atoms with Crippen molar-refractivity contribution in [3.05, 3.63) is 65.4 Å². The summed E-state index contributed by atoms with van der Waals surface area (Å²) in [6.45, 7) is 4.66. The van der Waals surface area contributed by atoms with E-state index in [9.17, 15) is 4.79 Å². The average molecular weight is 462 g/mol. The van der Waals surface area contributed by atoms with E-state index in [1.807, 2.05) is 23.3 Å². The molecule has 2 aliphatic rings. The standard InChI is InChI=1S/C27H31N3O2S/c1-32-26-24-21(9-6-10-23(24)33-2)28-22-18-30(27(31)25(22)26)16-13-19-11-14-29(15-12-19)17-20-7-4-3-5-8-20/h3-10,19H,11-18H2,1-2H3. The first-order chi connectivity index (χ1) is 16.2. The number of pyridine rings is 1. The van der Waals surface area contributed by atoms with Crippen molar-refractivity contribution >= 4 is 28.6 Å². The molecule has 0 unspecified atom stereocenters. The molecule has 0 atom stereocenters. The van der Waals surface area contributed by atoms with Crippen LogP contribution in [-0.2, 0) is 13.1 Å². The second-order valence-electron chi connectivity index (χ2n) is 9.04. The molecule has 0 N–H and O–H groups in total. The van der Waals surface area contributed by atoms with E-state index < -0.39 is 0 Å². The number of benzene rings is 2. The van der Waals surface area contributed by atoms with Crippen molar-refractivity contribution in [2.24, 2.45) is 5.92 Å². The van der Waals surface area contributed by atoms with Gasteiger partial charge in [-0.05, 0) is 62.2 Å². The summed E-state index contributed by atoms with van der Waals surface area (Å²) < 4.78 is 5.78. The SMILES string of the molecule is COc1c2c(nc3cccc(SC)c13)CN(CCC1CCN(Cc3ccccc3)CC1)C2=O. The molecule has 0 radical (unpaired) electrons. The maximum Gasteiger partial charge on any atom is 0.259 e. The minimum Gasteiger partial charge on any atom is -0.495 e. The third-order valence-corrected chi connectivity index (χ3v) is 7.81. The summed E-state index contributed by atoms with van der Waals surface area (Å²) in [5.74, 6) is 1.42. The van der Waals surface area contributed by atoms with Crippen LogP contribution in [0.4, 0.5) is 0 Å². The molecule has 5 rings (SSSR count). The number of likely N-dealkylation sites (tertiary alicyclic amines) is 1. The van der Waals surface area contributed by atoms with E-state index in [0.717, 1.165) is 54.1 Å². The van der Waals surface area contributed by atoms with Crippen LogP contribution in [-0.4, -0.2) is 53.7 Å². The van der Waals surface area contributed by atoms with Gasteiger partial charge in [0.15, 0.2) is 0 Å². The smallest absolute Gasteiger partial charge is 0.259 e. The molecule has 33 heavy (non-hydrogen) atoms. The van der Waals surface area contributed by atoms with Crippen LogP contribution in [0.5, 0.6) is 5.75 Å². The summed E-state index contributed by atoms with van der Waals surface area (Å²) in [4.78, 5) is 23.8. The number of hydrogen-bond acceptors (Lipinski definition) is 5. The van der Waals surface area contributed by atoms with Crippen molar-refractivity contribution < 1.29 is 9.53 Å². The number of thioether (sulfide) groups is 1. The van der Waals surface area contributed by atoms with Gasteiger partial charge in [0.2, 0.25) is 0 Å². The predicted molar refractivity (Wildman–Crippen MR) is 134 cm³/mol. The molecular formula is C27H31N3O2S. The van der Waals surface area contributed by atoms with Crippen LogP contribution < -0.4 is 4.74 Å². The zero-order valence-corrected chi connectivity index (χ0v) is 20.2. The monoisotopic (exact) mass is 461 g/mol. The maximum atomic E-state index is 13.3. The number of carbonyl (C=O) groups excluding carboxylic acids is 1. The third kappa shape index (κ3) is 4.46. The highest BCUT2D eigenvalue weighted by molar-refractivity contribution is 7.98. The van der Waals surface area contributed by atoms with Gasteiger partial charge in [-0.1, -0.05) is 36.4 Å². The molecule has 2 aromatic carbocycles. The van der Waals surface area contributed by atoms with Gasteiger partial charge >= 0.3 is 0 Å². The normalized spacial score (nSPS) is 17.0. The number of nitrogens with zero attached hydrogens (tertiary/aromatic N) is 3. The molecule has 0 spiro atoms. The van der Waals surface area contributed by atoms with Gasteiger partial charge in [0.1, 0.15) is 11.3 Å². The fraction of sp³-hybridized carbons (Fsp3) is 0.407. The second kappa shape index (κ2) is 9.74. The molecule has 0 aliphatic carbocycles. The Bertz CT molecular complexity index is 1140. The fourth-order valence-corrected chi connectivity index (χ4v) is 5.83. The van der Waals surface area contributed by atoms with Gasteiger partial charge in [0.25, 0.3) is 5.91 Å². The summed E-state index contributed by atoms with van der Waals surface area (Å²) >= 11 is 1.66. The van der Waals surface area contributed by atoms with Crippen molar-refractivity contribution in [3.8, 4) is 5.75 Å². The summed E-state index contributed by atoms with van der Waals surface area (Å²) in [5.41, 5.74) is 3.79. The van der Waals surface area contributed by atoms with E-state index in [1.165, 1.54) is 18.4 Å². The Labute approximate surface area is 200 Å². The van der Waals surface area contributed by atoms with Crippen LogP contribution >= 0.6 is 11.8 Å². The van der Waals surface area contributed by atoms with Crippen LogP contribution in [0.2, 0.25) is 0 Å². The quantitative estimate of drug-likeness (QED) is 0.451. The fourth-order valence-electron chi connectivity index (χ4n) is 5.21. The van der Waals surface area contributed by atoms with Crippen LogP contribution in [0, 0.1) is 5.92 Å². The molecule has 3 aromatic rings. The summed E-state index contributed by atoms with van der Waals surface area (Å²) in [7, 11) is 1.66. The van der Waals surface area contributed by atoms with Crippen molar-refractivity contribution in [3.63, 3.8) is 0 Å². The number of rotatable bonds is 7. The minimum absolute atomic E-state index is 0.0636. The number of aromatic nitrogens is 1. The number of ether oxygens (including phenoxy) is 1. The maximum absolute atomic E-state index is 13.3. The van der Waals surface area contributed by atoms with Gasteiger partial charge < -0.3 is 9.64 Å². The molecule has 172 valence electrons. The summed E-state index contributed by atoms with van der Waals surface area (Å²) in [5, 5.41) is 0.951. The summed E-state index contributed by atoms with van der Waals surface area (Å²) in [6, 6.07) is 16.8. The lowest BCUT2D eigenvalue weighted by atomic mass is 9.93. The lowest BCUT2D eigenvalue weighted by Crippen LogP contribution is -2.35. The van der Waals surface area contributed by atoms with E-state index >= 15 is 0 Å². The van der Waals surface area contributed by atoms with Crippen LogP contribution in [0.1, 0.15) is 40.9 Å². The first-order valence-electron chi connectivity index (χ1n) is 11.8. The molecular weight excluding hydrogens is 430 g/mol. The molecule has 1 fully saturated rings. The number of carbonyl (C=O) groups is 1. The Balaban J connectivity index is 1.23. The molecule has 0 saturated carbocycles. The Morgan fingerprint density at radius 3 is 2.61 bits per heavy atom. The zero-order chi connectivity index (χ0) is 22.8. The number of hydrogen-bond donors (Lipinski definition) is 0. The van der Waals surface area contributed by atoms with Gasteiger partial charge in [-0.15, -0.1) is 11.8 Å². The topological polar surface area (TPSA) is 45.7 Å². The van der Waals surface area contributed by atoms with Gasteiger partial charge in [0.05, 0.1) is 30.3 Å². The van der Waals surface area contributed by atoms with Crippen molar-refractivity contribution in [2.75, 3.05) is 33.0 Å². The number of piperidine rings is 1. The Hall–Kier alpha value is -2.57. The average Bonchev–Trinajstić information content (AvgIpc) is 3.17. The van der Waals surface area contributed by atoms with Gasteiger partial charge in [-0.3, -0.25) is 9.69 Å². The van der Waals surface area contributed by atoms with E-state index in [2.05, 4.69) is 41.3 Å². The lowest BCUT2D eigenvalue weighted by molar-refractivity contribution is 0.0754. The highest BCUT2D eigenvalue weighted by Crippen LogP contribution is 2.40. The first-order valence-corrected chi connectivity index (χ1v) is 13.0. The molecule has 0 bridgehead atoms. The van der Waals surface area contributed by atoms with E-state index in [4.69, 9.17) is 9.72 Å².